The van der Waals surface area contributed by atoms with Crippen LogP contribution in [0.5, 0.6) is 5.75 Å². The lowest BCUT2D eigenvalue weighted by atomic mass is 10.1. The van der Waals surface area contributed by atoms with E-state index in [1.807, 2.05) is 52.0 Å². The van der Waals surface area contributed by atoms with Crippen molar-refractivity contribution in [2.75, 3.05) is 0 Å². The number of rotatable bonds is 6. The Hall–Kier alpha value is -2.02. The summed E-state index contributed by atoms with van der Waals surface area (Å²) in [5, 5.41) is 10.9. The van der Waals surface area contributed by atoms with Crippen LogP contribution in [0.3, 0.4) is 0 Å². The monoisotopic (exact) mass is 349 g/mol. The number of nitrogens with one attached hydrogen (secondary N) is 1. The van der Waals surface area contributed by atoms with Crippen molar-refractivity contribution in [2.45, 2.75) is 57.2 Å². The van der Waals surface area contributed by atoms with E-state index in [0.29, 0.717) is 11.1 Å². The number of hydrogen-bond acceptors (Lipinski definition) is 6. The fourth-order valence-electron chi connectivity index (χ4n) is 1.87. The highest BCUT2D eigenvalue weighted by Crippen LogP contribution is 2.23. The summed E-state index contributed by atoms with van der Waals surface area (Å²) in [5.74, 6) is 1.06. The molecule has 1 aromatic carbocycles. The van der Waals surface area contributed by atoms with Gasteiger partial charge >= 0.3 is 0 Å². The molecule has 1 atom stereocenters. The molecule has 0 spiro atoms. The Bertz CT molecular complexity index is 694. The van der Waals surface area contributed by atoms with E-state index < -0.39 is 0 Å². The van der Waals surface area contributed by atoms with Gasteiger partial charge in [0, 0.05) is 5.54 Å². The van der Waals surface area contributed by atoms with Gasteiger partial charge in [0.2, 0.25) is 5.91 Å². The number of amides is 1. The number of nitrogens with zero attached hydrogens (tertiary/aromatic N) is 2. The Labute approximate surface area is 146 Å². The summed E-state index contributed by atoms with van der Waals surface area (Å²) in [6.07, 6.45) is 0. The minimum absolute atomic E-state index is 0.0664. The van der Waals surface area contributed by atoms with Gasteiger partial charge in [-0.2, -0.15) is 0 Å². The fraction of sp³-hybridized carbons (Fsp3) is 0.471. The summed E-state index contributed by atoms with van der Waals surface area (Å²) >= 11 is 1.23. The third kappa shape index (κ3) is 5.88. The maximum Gasteiger partial charge on any atom is 0.277 e. The number of benzene rings is 1. The van der Waals surface area contributed by atoms with Crippen LogP contribution in [-0.2, 0) is 11.4 Å². The van der Waals surface area contributed by atoms with Crippen LogP contribution >= 0.6 is 11.8 Å². The van der Waals surface area contributed by atoms with E-state index in [0.717, 1.165) is 11.3 Å². The maximum absolute atomic E-state index is 12.1. The zero-order valence-electron chi connectivity index (χ0n) is 14.6. The standard InChI is InChI=1S/C17H23N3O3S/c1-11-7-6-8-13(9-11)22-10-14-19-20-16(23-14)24-12(2)15(21)18-17(3,4)5/h6-9,12H,10H2,1-5H3,(H,18,21). The summed E-state index contributed by atoms with van der Waals surface area (Å²) in [7, 11) is 0. The number of aryl methyl sites for hydroxylation is 1. The molecule has 0 aliphatic carbocycles. The van der Waals surface area contributed by atoms with Gasteiger partial charge in [-0.15, -0.1) is 10.2 Å². The largest absolute Gasteiger partial charge is 0.484 e. The number of thioether (sulfide) groups is 1. The molecule has 1 N–H and O–H groups in total. The van der Waals surface area contributed by atoms with Gasteiger partial charge in [0.25, 0.3) is 11.1 Å². The molecule has 0 fully saturated rings. The normalized spacial score (nSPS) is 12.7. The second-order valence-electron chi connectivity index (χ2n) is 6.57. The highest BCUT2D eigenvalue weighted by Gasteiger charge is 2.22. The molecule has 1 aromatic heterocycles. The highest BCUT2D eigenvalue weighted by atomic mass is 32.2. The average Bonchev–Trinajstić information content (AvgIpc) is 2.91. The summed E-state index contributed by atoms with van der Waals surface area (Å²) < 4.78 is 11.1. The van der Waals surface area contributed by atoms with Crippen molar-refractivity contribution >= 4 is 17.7 Å². The van der Waals surface area contributed by atoms with Crippen molar-refractivity contribution in [1.29, 1.82) is 0 Å². The smallest absolute Gasteiger partial charge is 0.277 e. The molecule has 2 rings (SSSR count). The molecule has 130 valence electrons. The first-order valence-corrected chi connectivity index (χ1v) is 8.61. The van der Waals surface area contributed by atoms with Crippen molar-refractivity contribution in [3.63, 3.8) is 0 Å². The van der Waals surface area contributed by atoms with Crippen LogP contribution in [0.2, 0.25) is 0 Å². The van der Waals surface area contributed by atoms with Crippen molar-refractivity contribution in [1.82, 2.24) is 15.5 Å². The van der Waals surface area contributed by atoms with Gasteiger partial charge in [0.15, 0.2) is 6.61 Å². The fourth-order valence-corrected chi connectivity index (χ4v) is 2.57. The number of carbonyl (C=O) groups excluding carboxylic acids is 1. The molecule has 1 heterocycles. The quantitative estimate of drug-likeness (QED) is 0.806. The predicted molar refractivity (Wildman–Crippen MR) is 93.0 cm³/mol. The highest BCUT2D eigenvalue weighted by molar-refractivity contribution is 8.00. The molecule has 6 nitrogen and oxygen atoms in total. The average molecular weight is 349 g/mol. The summed E-state index contributed by atoms with van der Waals surface area (Å²) in [4.78, 5) is 12.1. The Morgan fingerprint density at radius 2 is 2.12 bits per heavy atom. The van der Waals surface area contributed by atoms with Gasteiger partial charge < -0.3 is 14.5 Å². The zero-order valence-corrected chi connectivity index (χ0v) is 15.4. The van der Waals surface area contributed by atoms with Crippen molar-refractivity contribution in [3.8, 4) is 5.75 Å². The minimum Gasteiger partial charge on any atom is -0.484 e. The van der Waals surface area contributed by atoms with Crippen molar-refractivity contribution < 1.29 is 13.9 Å². The van der Waals surface area contributed by atoms with Crippen molar-refractivity contribution in [2.24, 2.45) is 0 Å². The molecule has 0 aliphatic heterocycles. The lowest BCUT2D eigenvalue weighted by Gasteiger charge is -2.22. The van der Waals surface area contributed by atoms with Gasteiger partial charge in [0.05, 0.1) is 5.25 Å². The van der Waals surface area contributed by atoms with E-state index in [9.17, 15) is 4.79 Å². The Morgan fingerprint density at radius 3 is 2.79 bits per heavy atom. The third-order valence-corrected chi connectivity index (χ3v) is 3.88. The topological polar surface area (TPSA) is 77.2 Å². The first kappa shape index (κ1) is 18.3. The SMILES string of the molecule is Cc1cccc(OCc2nnc(SC(C)C(=O)NC(C)(C)C)o2)c1. The Morgan fingerprint density at radius 1 is 1.38 bits per heavy atom. The zero-order chi connectivity index (χ0) is 17.7. The van der Waals surface area contributed by atoms with Gasteiger partial charge in [-0.3, -0.25) is 4.79 Å². The summed E-state index contributed by atoms with van der Waals surface area (Å²) in [6, 6.07) is 7.73. The van der Waals surface area contributed by atoms with Crippen LogP contribution < -0.4 is 10.1 Å². The molecule has 2 aromatic rings. The van der Waals surface area contributed by atoms with E-state index in [1.165, 1.54) is 11.8 Å². The van der Waals surface area contributed by atoms with Crippen LogP contribution in [0.1, 0.15) is 39.1 Å². The molecule has 24 heavy (non-hydrogen) atoms. The molecule has 0 bridgehead atoms. The number of hydrogen-bond donors (Lipinski definition) is 1. The number of ether oxygens (including phenoxy) is 1. The number of aromatic nitrogens is 2. The third-order valence-electron chi connectivity index (χ3n) is 2.95. The number of carbonyl (C=O) groups is 1. The molecule has 0 saturated heterocycles. The second-order valence-corrected chi connectivity index (χ2v) is 7.86. The lowest BCUT2D eigenvalue weighted by molar-refractivity contribution is -0.121. The molecule has 7 heteroatoms. The molecule has 0 aliphatic rings. The molecule has 1 unspecified atom stereocenters. The molecule has 0 radical (unpaired) electrons. The lowest BCUT2D eigenvalue weighted by Crippen LogP contribution is -2.44. The van der Waals surface area contributed by atoms with E-state index >= 15 is 0 Å². The van der Waals surface area contributed by atoms with Crippen LogP contribution in [0.15, 0.2) is 33.9 Å². The Balaban J connectivity index is 1.87. The second kappa shape index (κ2) is 7.70. The predicted octanol–water partition coefficient (Wildman–Crippen LogP) is 3.35. The Kier molecular flexibility index (Phi) is 5.88. The molecular formula is C17H23N3O3S. The van der Waals surface area contributed by atoms with E-state index in [2.05, 4.69) is 15.5 Å². The van der Waals surface area contributed by atoms with E-state index in [4.69, 9.17) is 9.15 Å². The van der Waals surface area contributed by atoms with Crippen LogP contribution in [0.25, 0.3) is 0 Å². The summed E-state index contributed by atoms with van der Waals surface area (Å²) in [6.45, 7) is 9.82. The van der Waals surface area contributed by atoms with E-state index in [1.54, 1.807) is 6.92 Å². The van der Waals surface area contributed by atoms with Crippen LogP contribution in [-0.4, -0.2) is 26.9 Å². The van der Waals surface area contributed by atoms with Gasteiger partial charge in [0.1, 0.15) is 5.75 Å². The van der Waals surface area contributed by atoms with Gasteiger partial charge in [-0.1, -0.05) is 23.9 Å². The van der Waals surface area contributed by atoms with E-state index in [-0.39, 0.29) is 23.3 Å². The maximum atomic E-state index is 12.1. The molecule has 1 amide bonds. The molecular weight excluding hydrogens is 326 g/mol. The van der Waals surface area contributed by atoms with Crippen molar-refractivity contribution in [3.05, 3.63) is 35.7 Å². The molecule has 0 saturated carbocycles. The minimum atomic E-state index is -0.324. The first-order valence-electron chi connectivity index (χ1n) is 7.73. The van der Waals surface area contributed by atoms with Crippen LogP contribution in [0.4, 0.5) is 0 Å². The summed E-state index contributed by atoms with van der Waals surface area (Å²) in [5.41, 5.74) is 0.848. The van der Waals surface area contributed by atoms with Crippen LogP contribution in [0, 0.1) is 6.92 Å². The first-order chi connectivity index (χ1) is 11.2. The van der Waals surface area contributed by atoms with Gasteiger partial charge in [-0.05, 0) is 52.3 Å². The van der Waals surface area contributed by atoms with Gasteiger partial charge in [-0.25, -0.2) is 0 Å².